The molecule has 0 aliphatic rings. The topological polar surface area (TPSA) is 150 Å². The van der Waals surface area contributed by atoms with Crippen LogP contribution in [0.3, 0.4) is 0 Å². The van der Waals surface area contributed by atoms with Crippen molar-refractivity contribution in [1.82, 2.24) is 9.97 Å². The average molecular weight is 355 g/mol. The minimum Gasteiger partial charge on any atom is -0.480 e. The number of rotatable bonds is 4. The normalized spacial score (nSPS) is 11.7. The predicted octanol–water partition coefficient (Wildman–Crippen LogP) is -1.19. The molecular weight excluding hydrogens is 340 g/mol. The van der Waals surface area contributed by atoms with Crippen LogP contribution in [0.15, 0.2) is 12.5 Å². The van der Waals surface area contributed by atoms with Crippen molar-refractivity contribution in [2.24, 2.45) is 5.73 Å². The SMILES string of the molecule is CC(O)C(=O)O.N[C@@H](Cc1cnc[nH]1)C(=O)O.[Mn].[Mn]. The first-order valence-corrected chi connectivity index (χ1v) is 4.71. The van der Waals surface area contributed by atoms with Gasteiger partial charge in [-0.25, -0.2) is 9.78 Å². The Bertz CT molecular complexity index is 359. The largest absolute Gasteiger partial charge is 0.480 e. The number of carboxylic acids is 2. The smallest absolute Gasteiger partial charge is 0.332 e. The summed E-state index contributed by atoms with van der Waals surface area (Å²) in [7, 11) is 0. The fourth-order valence-electron chi connectivity index (χ4n) is 0.721. The summed E-state index contributed by atoms with van der Waals surface area (Å²) >= 11 is 0. The summed E-state index contributed by atoms with van der Waals surface area (Å²) in [6, 6.07) is -0.851. The second kappa shape index (κ2) is 12.2. The minimum absolute atomic E-state index is 0. The second-order valence-corrected chi connectivity index (χ2v) is 3.24. The van der Waals surface area contributed by atoms with Crippen molar-refractivity contribution >= 4 is 11.9 Å². The third-order valence-electron chi connectivity index (χ3n) is 1.67. The Morgan fingerprint density at radius 1 is 1.37 bits per heavy atom. The molecule has 8 nitrogen and oxygen atoms in total. The molecule has 0 fully saturated rings. The van der Waals surface area contributed by atoms with Crippen LogP contribution >= 0.6 is 0 Å². The summed E-state index contributed by atoms with van der Waals surface area (Å²) in [5.74, 6) is -2.19. The molecule has 10 heteroatoms. The van der Waals surface area contributed by atoms with E-state index in [1.807, 2.05) is 0 Å². The van der Waals surface area contributed by atoms with Crippen molar-refractivity contribution in [2.45, 2.75) is 25.5 Å². The van der Waals surface area contributed by atoms with E-state index in [2.05, 4.69) is 9.97 Å². The van der Waals surface area contributed by atoms with Crippen LogP contribution in [-0.2, 0) is 50.1 Å². The van der Waals surface area contributed by atoms with Gasteiger partial charge in [0.2, 0.25) is 0 Å². The number of carbonyl (C=O) groups is 2. The van der Waals surface area contributed by atoms with Gasteiger partial charge in [-0.15, -0.1) is 0 Å². The number of aliphatic hydroxyl groups excluding tert-OH is 1. The van der Waals surface area contributed by atoms with E-state index in [1.54, 1.807) is 6.20 Å². The van der Waals surface area contributed by atoms with Crippen LogP contribution < -0.4 is 5.73 Å². The van der Waals surface area contributed by atoms with Gasteiger partial charge < -0.3 is 26.0 Å². The zero-order chi connectivity index (χ0) is 13.4. The summed E-state index contributed by atoms with van der Waals surface area (Å²) < 4.78 is 0. The van der Waals surface area contributed by atoms with Crippen molar-refractivity contribution in [3.8, 4) is 0 Å². The van der Waals surface area contributed by atoms with Gasteiger partial charge in [0.25, 0.3) is 0 Å². The fourth-order valence-corrected chi connectivity index (χ4v) is 0.721. The van der Waals surface area contributed by atoms with E-state index < -0.39 is 24.1 Å². The summed E-state index contributed by atoms with van der Waals surface area (Å²) in [5.41, 5.74) is 6.00. The van der Waals surface area contributed by atoms with Gasteiger partial charge in [-0.05, 0) is 6.92 Å². The molecule has 1 unspecified atom stereocenters. The maximum Gasteiger partial charge on any atom is 0.332 e. The molecule has 0 saturated heterocycles. The van der Waals surface area contributed by atoms with Gasteiger partial charge in [0, 0.05) is 52.4 Å². The van der Waals surface area contributed by atoms with Crippen molar-refractivity contribution in [1.29, 1.82) is 0 Å². The first-order chi connectivity index (χ1) is 7.84. The van der Waals surface area contributed by atoms with E-state index >= 15 is 0 Å². The van der Waals surface area contributed by atoms with Gasteiger partial charge in [0.1, 0.15) is 12.1 Å². The zero-order valence-electron chi connectivity index (χ0n) is 9.96. The van der Waals surface area contributed by atoms with Crippen LogP contribution in [0.2, 0.25) is 0 Å². The Hall–Kier alpha value is -0.891. The number of nitrogens with zero attached hydrogens (tertiary/aromatic N) is 1. The van der Waals surface area contributed by atoms with Gasteiger partial charge in [0.05, 0.1) is 6.33 Å². The zero-order valence-corrected chi connectivity index (χ0v) is 12.3. The molecule has 2 radical (unpaired) electrons. The maximum atomic E-state index is 10.3. The van der Waals surface area contributed by atoms with E-state index in [0.29, 0.717) is 0 Å². The van der Waals surface area contributed by atoms with Crippen molar-refractivity contribution in [3.63, 3.8) is 0 Å². The predicted molar refractivity (Wildman–Crippen MR) is 57.2 cm³/mol. The number of H-pyrrole nitrogens is 1. The molecule has 0 saturated carbocycles. The molecule has 2 atom stereocenters. The van der Waals surface area contributed by atoms with E-state index in [0.717, 1.165) is 5.69 Å². The third kappa shape index (κ3) is 11.9. The van der Waals surface area contributed by atoms with Crippen LogP contribution in [-0.4, -0.2) is 49.4 Å². The van der Waals surface area contributed by atoms with Gasteiger partial charge in [-0.1, -0.05) is 0 Å². The first-order valence-electron chi connectivity index (χ1n) is 4.71. The number of nitrogens with two attached hydrogens (primary N) is 1. The number of carboxylic acid groups (broad SMARTS) is 2. The third-order valence-corrected chi connectivity index (χ3v) is 1.67. The standard InChI is InChI=1S/C6H9N3O2.C3H6O3.2Mn/c7-5(6(10)11)1-4-2-8-3-9-4;1-2(4)3(5)6;;/h2-3,5H,1,7H2,(H,8,9)(H,10,11);2,4H,1H3,(H,5,6);;/t5-;;;/m0.../s1. The molecular formula is C9H15Mn2N3O5. The van der Waals surface area contributed by atoms with Crippen LogP contribution in [0.5, 0.6) is 0 Å². The number of hydrogen-bond acceptors (Lipinski definition) is 5. The Morgan fingerprint density at radius 3 is 2.11 bits per heavy atom. The van der Waals surface area contributed by atoms with Gasteiger partial charge in [-0.2, -0.15) is 0 Å². The van der Waals surface area contributed by atoms with Crippen LogP contribution in [0.4, 0.5) is 0 Å². The van der Waals surface area contributed by atoms with Crippen molar-refractivity contribution < 1.29 is 59.0 Å². The van der Waals surface area contributed by atoms with E-state index in [4.69, 9.17) is 21.1 Å². The Labute approximate surface area is 130 Å². The second-order valence-electron chi connectivity index (χ2n) is 3.24. The number of hydrogen-bond donors (Lipinski definition) is 5. The molecule has 0 aliphatic heterocycles. The summed E-state index contributed by atoms with van der Waals surface area (Å²) in [4.78, 5) is 26.2. The van der Waals surface area contributed by atoms with Gasteiger partial charge >= 0.3 is 11.9 Å². The summed E-state index contributed by atoms with van der Waals surface area (Å²) in [6.45, 7) is 1.20. The maximum absolute atomic E-state index is 10.3. The molecule has 6 N–H and O–H groups in total. The minimum atomic E-state index is -1.23. The Morgan fingerprint density at radius 2 is 1.84 bits per heavy atom. The Kier molecular flexibility index (Phi) is 14.9. The van der Waals surface area contributed by atoms with Gasteiger partial charge in [-0.3, -0.25) is 4.79 Å². The van der Waals surface area contributed by atoms with Crippen LogP contribution in [0.1, 0.15) is 12.6 Å². The molecule has 1 rings (SSSR count). The van der Waals surface area contributed by atoms with Crippen LogP contribution in [0.25, 0.3) is 0 Å². The van der Waals surface area contributed by atoms with E-state index in [9.17, 15) is 9.59 Å². The molecule has 0 aromatic carbocycles. The fraction of sp³-hybridized carbons (Fsp3) is 0.444. The monoisotopic (exact) mass is 355 g/mol. The van der Waals surface area contributed by atoms with Crippen molar-refractivity contribution in [2.75, 3.05) is 0 Å². The Balaban J connectivity index is -0.000000282. The molecule has 0 aliphatic carbocycles. The molecule has 19 heavy (non-hydrogen) atoms. The quantitative estimate of drug-likeness (QED) is 0.426. The molecule has 0 spiro atoms. The number of aromatic amines is 1. The molecule has 1 aromatic heterocycles. The number of aliphatic hydroxyl groups is 1. The number of aliphatic carboxylic acids is 2. The molecule has 1 heterocycles. The van der Waals surface area contributed by atoms with Crippen LogP contribution in [0, 0.1) is 0 Å². The average Bonchev–Trinajstić information content (AvgIpc) is 2.71. The number of imidazole rings is 1. The molecule has 1 aromatic rings. The van der Waals surface area contributed by atoms with E-state index in [1.165, 1.54) is 13.3 Å². The first kappa shape index (κ1) is 23.2. The number of aromatic nitrogens is 2. The molecule has 0 bridgehead atoms. The summed E-state index contributed by atoms with van der Waals surface area (Å²) in [6.07, 6.45) is 2.10. The van der Waals surface area contributed by atoms with Crippen molar-refractivity contribution in [3.05, 3.63) is 18.2 Å². The van der Waals surface area contributed by atoms with E-state index in [-0.39, 0.29) is 40.6 Å². The number of nitrogens with one attached hydrogen (secondary N) is 1. The van der Waals surface area contributed by atoms with Gasteiger partial charge in [0.15, 0.2) is 0 Å². The molecule has 0 amide bonds. The summed E-state index contributed by atoms with van der Waals surface area (Å²) in [5, 5.41) is 24.2. The molecule has 110 valence electrons.